The molecule has 1 fully saturated rings. The molecular weight excluding hydrogens is 372 g/mol. The van der Waals surface area contributed by atoms with Crippen molar-refractivity contribution in [1.29, 1.82) is 0 Å². The Hall–Kier alpha value is -2.44. The Morgan fingerprint density at radius 1 is 1.11 bits per heavy atom. The number of benzene rings is 2. The molecule has 0 amide bonds. The van der Waals surface area contributed by atoms with E-state index >= 15 is 0 Å². The zero-order valence-electron chi connectivity index (χ0n) is 16.1. The van der Waals surface area contributed by atoms with Gasteiger partial charge in [0.1, 0.15) is 0 Å². The number of likely N-dealkylation sites (tertiary alicyclic amines) is 1. The highest BCUT2D eigenvalue weighted by atomic mass is 32.1. The predicted octanol–water partition coefficient (Wildman–Crippen LogP) is 4.43. The summed E-state index contributed by atoms with van der Waals surface area (Å²) < 4.78 is 12.6. The van der Waals surface area contributed by atoms with Crippen LogP contribution in [-0.4, -0.2) is 36.1 Å². The normalized spacial score (nSPS) is 17.9. The molecule has 4 rings (SSSR count). The zero-order chi connectivity index (χ0) is 19.6. The molecule has 2 heterocycles. The summed E-state index contributed by atoms with van der Waals surface area (Å²) in [6.45, 7) is 3.61. The smallest absolute Gasteiger partial charge is 0.308 e. The molecule has 146 valence electrons. The number of piperidine rings is 1. The molecule has 3 aromatic rings. The molecule has 0 saturated carbocycles. The number of carbonyl (C=O) groups excluding carboxylic acids is 1. The van der Waals surface area contributed by atoms with Gasteiger partial charge in [0.05, 0.1) is 23.2 Å². The number of hydrogen-bond donors (Lipinski definition) is 0. The second kappa shape index (κ2) is 7.89. The molecule has 0 radical (unpaired) electrons. The fourth-order valence-electron chi connectivity index (χ4n) is 3.83. The highest BCUT2D eigenvalue weighted by Gasteiger charge is 2.40. The highest BCUT2D eigenvalue weighted by molar-refractivity contribution is 7.20. The minimum absolute atomic E-state index is 0.0382. The van der Waals surface area contributed by atoms with Crippen LogP contribution in [0.4, 0.5) is 0 Å². The highest BCUT2D eigenvalue weighted by Crippen LogP contribution is 2.38. The van der Waals surface area contributed by atoms with E-state index < -0.39 is 5.72 Å². The summed E-state index contributed by atoms with van der Waals surface area (Å²) in [6, 6.07) is 18.3. The fraction of sp³-hybridized carbons (Fsp3) is 0.364. The molecule has 1 atom stereocenters. The Labute approximate surface area is 168 Å². The lowest BCUT2D eigenvalue weighted by Crippen LogP contribution is -2.52. The third kappa shape index (κ3) is 3.62. The summed E-state index contributed by atoms with van der Waals surface area (Å²) in [5.41, 5.74) is 1.36. The van der Waals surface area contributed by atoms with E-state index in [1.54, 1.807) is 11.3 Å². The van der Waals surface area contributed by atoms with Crippen LogP contribution in [0.25, 0.3) is 10.2 Å². The molecule has 0 N–H and O–H groups in total. The van der Waals surface area contributed by atoms with E-state index in [4.69, 9.17) is 9.47 Å². The molecule has 1 aliphatic rings. The standard InChI is InChI=1S/C22H24N2O3S/c1-22(17-8-4-3-5-9-17,24-14-12-16(13-15-24)20(25)26-2)27-21-23-18-10-6-7-11-19(18)28-21/h3-11,16H,12-15H2,1-2H3. The Kier molecular flexibility index (Phi) is 5.33. The van der Waals surface area contributed by atoms with Gasteiger partial charge in [-0.15, -0.1) is 0 Å². The molecule has 28 heavy (non-hydrogen) atoms. The van der Waals surface area contributed by atoms with E-state index in [-0.39, 0.29) is 11.9 Å². The molecule has 0 aliphatic carbocycles. The second-order valence-electron chi connectivity index (χ2n) is 7.18. The first-order valence-corrected chi connectivity index (χ1v) is 10.3. The van der Waals surface area contributed by atoms with Gasteiger partial charge in [-0.1, -0.05) is 53.8 Å². The summed E-state index contributed by atoms with van der Waals surface area (Å²) in [7, 11) is 1.46. The van der Waals surface area contributed by atoms with Gasteiger partial charge in [0, 0.05) is 18.7 Å². The van der Waals surface area contributed by atoms with Crippen molar-refractivity contribution in [2.24, 2.45) is 5.92 Å². The molecule has 0 spiro atoms. The number of para-hydroxylation sites is 1. The maximum atomic E-state index is 11.9. The van der Waals surface area contributed by atoms with Crippen LogP contribution in [0, 0.1) is 5.92 Å². The Balaban J connectivity index is 1.62. The molecule has 1 aromatic heterocycles. The number of aromatic nitrogens is 1. The molecule has 2 aromatic carbocycles. The quantitative estimate of drug-likeness (QED) is 0.597. The lowest BCUT2D eigenvalue weighted by molar-refractivity contribution is -0.150. The van der Waals surface area contributed by atoms with Crippen molar-refractivity contribution in [3.8, 4) is 5.19 Å². The monoisotopic (exact) mass is 396 g/mol. The van der Waals surface area contributed by atoms with E-state index in [2.05, 4.69) is 35.0 Å². The lowest BCUT2D eigenvalue weighted by atomic mass is 9.93. The van der Waals surface area contributed by atoms with Crippen LogP contribution < -0.4 is 4.74 Å². The Morgan fingerprint density at radius 2 is 1.79 bits per heavy atom. The van der Waals surface area contributed by atoms with Gasteiger partial charge in [-0.25, -0.2) is 4.98 Å². The van der Waals surface area contributed by atoms with Gasteiger partial charge >= 0.3 is 5.97 Å². The van der Waals surface area contributed by atoms with Gasteiger partial charge in [0.25, 0.3) is 5.19 Å². The Bertz CT molecular complexity index is 918. The summed E-state index contributed by atoms with van der Waals surface area (Å²) in [5.74, 6) is -0.156. The van der Waals surface area contributed by atoms with Gasteiger partial charge in [-0.2, -0.15) is 0 Å². The van der Waals surface area contributed by atoms with Gasteiger partial charge in [-0.3, -0.25) is 9.69 Å². The summed E-state index contributed by atoms with van der Waals surface area (Å²) in [4.78, 5) is 18.9. The van der Waals surface area contributed by atoms with Gasteiger partial charge < -0.3 is 9.47 Å². The van der Waals surface area contributed by atoms with Crippen LogP contribution in [0.5, 0.6) is 5.19 Å². The lowest BCUT2D eigenvalue weighted by Gasteiger charge is -2.43. The van der Waals surface area contributed by atoms with Crippen LogP contribution >= 0.6 is 11.3 Å². The SMILES string of the molecule is COC(=O)C1CCN(C(C)(Oc2nc3ccccc3s2)c2ccccc2)CC1. The topological polar surface area (TPSA) is 51.7 Å². The minimum Gasteiger partial charge on any atom is -0.469 e. The molecule has 1 unspecified atom stereocenters. The molecule has 1 saturated heterocycles. The van der Waals surface area contributed by atoms with Gasteiger partial charge in [0.15, 0.2) is 5.72 Å². The fourth-order valence-corrected chi connectivity index (χ4v) is 4.73. The average molecular weight is 397 g/mol. The third-order valence-electron chi connectivity index (χ3n) is 5.50. The second-order valence-corrected chi connectivity index (χ2v) is 8.18. The number of methoxy groups -OCH3 is 1. The van der Waals surface area contributed by atoms with Crippen LogP contribution in [0.15, 0.2) is 54.6 Å². The third-order valence-corrected chi connectivity index (χ3v) is 6.42. The predicted molar refractivity (Wildman–Crippen MR) is 110 cm³/mol. The van der Waals surface area contributed by atoms with Crippen LogP contribution in [0.2, 0.25) is 0 Å². The van der Waals surface area contributed by atoms with E-state index in [9.17, 15) is 4.79 Å². The molecule has 6 heteroatoms. The van der Waals surface area contributed by atoms with Crippen molar-refractivity contribution in [3.05, 3.63) is 60.2 Å². The summed E-state index contributed by atoms with van der Waals surface area (Å²) >= 11 is 1.56. The van der Waals surface area contributed by atoms with Crippen molar-refractivity contribution < 1.29 is 14.3 Å². The van der Waals surface area contributed by atoms with Crippen LogP contribution in [0.3, 0.4) is 0 Å². The van der Waals surface area contributed by atoms with E-state index in [0.717, 1.165) is 41.7 Å². The van der Waals surface area contributed by atoms with Crippen molar-refractivity contribution in [2.75, 3.05) is 20.2 Å². The molecule has 5 nitrogen and oxygen atoms in total. The molecule has 0 bridgehead atoms. The van der Waals surface area contributed by atoms with Gasteiger partial charge in [-0.05, 0) is 31.9 Å². The number of nitrogens with zero attached hydrogens (tertiary/aromatic N) is 2. The van der Waals surface area contributed by atoms with E-state index in [1.165, 1.54) is 7.11 Å². The molecule has 1 aliphatic heterocycles. The average Bonchev–Trinajstić information content (AvgIpc) is 3.16. The van der Waals surface area contributed by atoms with Gasteiger partial charge in [0.2, 0.25) is 0 Å². The first-order valence-electron chi connectivity index (χ1n) is 9.53. The number of carbonyl (C=O) groups is 1. The number of esters is 1. The first-order chi connectivity index (χ1) is 13.6. The van der Waals surface area contributed by atoms with E-state index in [0.29, 0.717) is 5.19 Å². The number of thiazole rings is 1. The van der Waals surface area contributed by atoms with Crippen LogP contribution in [-0.2, 0) is 15.3 Å². The van der Waals surface area contributed by atoms with Crippen molar-refractivity contribution in [3.63, 3.8) is 0 Å². The zero-order valence-corrected chi connectivity index (χ0v) is 16.9. The first kappa shape index (κ1) is 18.9. The van der Waals surface area contributed by atoms with Crippen molar-refractivity contribution in [1.82, 2.24) is 9.88 Å². The van der Waals surface area contributed by atoms with E-state index in [1.807, 2.05) is 36.4 Å². The van der Waals surface area contributed by atoms with Crippen molar-refractivity contribution in [2.45, 2.75) is 25.5 Å². The number of rotatable bonds is 5. The molecular formula is C22H24N2O3S. The number of ether oxygens (including phenoxy) is 2. The summed E-state index contributed by atoms with van der Waals surface area (Å²) in [5, 5.41) is 0.655. The largest absolute Gasteiger partial charge is 0.469 e. The number of fused-ring (bicyclic) bond motifs is 1. The maximum Gasteiger partial charge on any atom is 0.308 e. The minimum atomic E-state index is -0.657. The Morgan fingerprint density at radius 3 is 2.46 bits per heavy atom. The van der Waals surface area contributed by atoms with Crippen molar-refractivity contribution >= 4 is 27.5 Å². The van der Waals surface area contributed by atoms with Crippen LogP contribution in [0.1, 0.15) is 25.3 Å². The summed E-state index contributed by atoms with van der Waals surface area (Å²) in [6.07, 6.45) is 1.52. The number of hydrogen-bond acceptors (Lipinski definition) is 6. The maximum absolute atomic E-state index is 11.9.